The van der Waals surface area contributed by atoms with Crippen molar-refractivity contribution in [3.05, 3.63) is 23.7 Å². The largest absolute Gasteiger partial charge is 0.440 e. The molecule has 2 heterocycles. The maximum Gasteiger partial charge on any atom is 0.261 e. The van der Waals surface area contributed by atoms with Gasteiger partial charge in [-0.2, -0.15) is 5.10 Å². The third-order valence-corrected chi connectivity index (χ3v) is 3.51. The van der Waals surface area contributed by atoms with Gasteiger partial charge < -0.3 is 9.73 Å². The van der Waals surface area contributed by atoms with Crippen LogP contribution in [0.25, 0.3) is 0 Å². The van der Waals surface area contributed by atoms with Gasteiger partial charge in [-0.05, 0) is 25.2 Å². The summed E-state index contributed by atoms with van der Waals surface area (Å²) in [4.78, 5) is 4.12. The highest BCUT2D eigenvalue weighted by molar-refractivity contribution is 7.99. The van der Waals surface area contributed by atoms with Gasteiger partial charge in [0, 0.05) is 19.2 Å². The van der Waals surface area contributed by atoms with Crippen molar-refractivity contribution in [3.63, 3.8) is 0 Å². The zero-order chi connectivity index (χ0) is 12.3. The summed E-state index contributed by atoms with van der Waals surface area (Å²) in [5.74, 6) is 0. The predicted molar refractivity (Wildman–Crippen MR) is 66.0 cm³/mol. The van der Waals surface area contributed by atoms with Gasteiger partial charge in [-0.15, -0.1) is 0 Å². The lowest BCUT2D eigenvalue weighted by atomic mass is 10.2. The molecule has 2 rings (SSSR count). The van der Waals surface area contributed by atoms with Crippen LogP contribution < -0.4 is 5.32 Å². The Bertz CT molecular complexity index is 478. The van der Waals surface area contributed by atoms with E-state index in [1.807, 2.05) is 18.7 Å². The smallest absolute Gasteiger partial charge is 0.261 e. The van der Waals surface area contributed by atoms with Gasteiger partial charge in [0.05, 0.1) is 11.9 Å². The van der Waals surface area contributed by atoms with Gasteiger partial charge in [-0.3, -0.25) is 4.68 Å². The first-order valence-electron chi connectivity index (χ1n) is 5.53. The van der Waals surface area contributed by atoms with Crippen LogP contribution in [0.3, 0.4) is 0 Å². The molecule has 0 spiro atoms. The Morgan fingerprint density at radius 1 is 1.53 bits per heavy atom. The minimum absolute atomic E-state index is 0.644. The normalized spacial score (nSPS) is 11.0. The summed E-state index contributed by atoms with van der Waals surface area (Å²) in [7, 11) is 1.94. The number of aryl methyl sites for hydroxylation is 2. The first-order chi connectivity index (χ1) is 8.22. The quantitative estimate of drug-likeness (QED) is 0.881. The highest BCUT2D eigenvalue weighted by Crippen LogP contribution is 2.30. The molecule has 0 aromatic carbocycles. The highest BCUT2D eigenvalue weighted by atomic mass is 32.2. The molecule has 5 nitrogen and oxygen atoms in total. The Kier molecular flexibility index (Phi) is 3.86. The number of aromatic nitrogens is 3. The van der Waals surface area contributed by atoms with E-state index in [-0.39, 0.29) is 0 Å². The summed E-state index contributed by atoms with van der Waals surface area (Å²) in [5.41, 5.74) is 2.25. The molecule has 2 aromatic rings. The predicted octanol–water partition coefficient (Wildman–Crippen LogP) is 1.98. The van der Waals surface area contributed by atoms with Crippen molar-refractivity contribution in [2.75, 3.05) is 6.54 Å². The van der Waals surface area contributed by atoms with Gasteiger partial charge in [-0.1, -0.05) is 6.92 Å². The molecule has 0 radical (unpaired) electrons. The van der Waals surface area contributed by atoms with Crippen LogP contribution in [0, 0.1) is 6.92 Å². The van der Waals surface area contributed by atoms with E-state index in [0.29, 0.717) is 5.22 Å². The first kappa shape index (κ1) is 12.2. The number of nitrogens with one attached hydrogen (secondary N) is 1. The van der Waals surface area contributed by atoms with E-state index in [1.54, 1.807) is 12.5 Å². The SMILES string of the molecule is CCNCc1c(C)nn(C)c1Sc1ncco1. The summed E-state index contributed by atoms with van der Waals surface area (Å²) in [6.07, 6.45) is 3.23. The average molecular weight is 252 g/mol. The molecular weight excluding hydrogens is 236 g/mol. The lowest BCUT2D eigenvalue weighted by Gasteiger charge is -2.04. The van der Waals surface area contributed by atoms with Crippen molar-refractivity contribution in [2.24, 2.45) is 7.05 Å². The molecule has 0 saturated heterocycles. The topological polar surface area (TPSA) is 55.9 Å². The summed E-state index contributed by atoms with van der Waals surface area (Å²) in [6.45, 7) is 5.87. The van der Waals surface area contributed by atoms with Crippen LogP contribution in [0.4, 0.5) is 0 Å². The van der Waals surface area contributed by atoms with Gasteiger partial charge in [0.2, 0.25) is 0 Å². The number of hydrogen-bond donors (Lipinski definition) is 1. The molecular formula is C11H16N4OS. The Morgan fingerprint density at radius 3 is 3.00 bits per heavy atom. The molecule has 0 atom stereocenters. The number of oxazole rings is 1. The highest BCUT2D eigenvalue weighted by Gasteiger charge is 2.15. The number of rotatable bonds is 5. The van der Waals surface area contributed by atoms with Gasteiger partial charge in [0.25, 0.3) is 5.22 Å². The molecule has 1 N–H and O–H groups in total. The second kappa shape index (κ2) is 5.37. The average Bonchev–Trinajstić information content (AvgIpc) is 2.88. The second-order valence-electron chi connectivity index (χ2n) is 3.67. The van der Waals surface area contributed by atoms with E-state index in [1.165, 1.54) is 17.3 Å². The van der Waals surface area contributed by atoms with E-state index in [0.717, 1.165) is 23.8 Å². The lowest BCUT2D eigenvalue weighted by molar-refractivity contribution is 0.453. The third-order valence-electron chi connectivity index (χ3n) is 2.43. The summed E-state index contributed by atoms with van der Waals surface area (Å²) in [5, 5.41) is 9.47. The van der Waals surface area contributed by atoms with Crippen LogP contribution in [0.15, 0.2) is 27.1 Å². The van der Waals surface area contributed by atoms with E-state index in [2.05, 4.69) is 22.3 Å². The van der Waals surface area contributed by atoms with E-state index >= 15 is 0 Å². The van der Waals surface area contributed by atoms with Crippen LogP contribution in [-0.4, -0.2) is 21.3 Å². The molecule has 0 aliphatic heterocycles. The van der Waals surface area contributed by atoms with Gasteiger partial charge in [-0.25, -0.2) is 4.98 Å². The van der Waals surface area contributed by atoms with Crippen molar-refractivity contribution in [2.45, 2.75) is 30.6 Å². The van der Waals surface area contributed by atoms with Gasteiger partial charge in [0.15, 0.2) is 0 Å². The zero-order valence-corrected chi connectivity index (χ0v) is 11.0. The molecule has 0 unspecified atom stereocenters. The molecule has 0 amide bonds. The van der Waals surface area contributed by atoms with Crippen molar-refractivity contribution >= 4 is 11.8 Å². The summed E-state index contributed by atoms with van der Waals surface area (Å²) in [6, 6.07) is 0. The maximum absolute atomic E-state index is 5.25. The monoisotopic (exact) mass is 252 g/mol. The Labute approximate surface area is 105 Å². The van der Waals surface area contributed by atoms with E-state index < -0.39 is 0 Å². The summed E-state index contributed by atoms with van der Waals surface area (Å²) >= 11 is 1.50. The van der Waals surface area contributed by atoms with Crippen LogP contribution in [0.2, 0.25) is 0 Å². The Morgan fingerprint density at radius 2 is 2.35 bits per heavy atom. The lowest BCUT2D eigenvalue weighted by Crippen LogP contribution is -2.12. The fraction of sp³-hybridized carbons (Fsp3) is 0.455. The molecule has 17 heavy (non-hydrogen) atoms. The second-order valence-corrected chi connectivity index (χ2v) is 4.61. The van der Waals surface area contributed by atoms with Crippen LogP contribution in [0.1, 0.15) is 18.2 Å². The number of hydrogen-bond acceptors (Lipinski definition) is 5. The molecule has 0 fully saturated rings. The van der Waals surface area contributed by atoms with E-state index in [9.17, 15) is 0 Å². The Balaban J connectivity index is 2.25. The molecule has 0 bridgehead atoms. The third kappa shape index (κ3) is 2.70. The minimum Gasteiger partial charge on any atom is -0.440 e. The molecule has 0 aliphatic rings. The zero-order valence-electron chi connectivity index (χ0n) is 10.2. The molecule has 92 valence electrons. The van der Waals surface area contributed by atoms with Crippen molar-refractivity contribution in [1.29, 1.82) is 0 Å². The number of nitrogens with zero attached hydrogens (tertiary/aromatic N) is 3. The molecule has 6 heteroatoms. The van der Waals surface area contributed by atoms with Crippen molar-refractivity contribution in [3.8, 4) is 0 Å². The Hall–Kier alpha value is -1.27. The van der Waals surface area contributed by atoms with Crippen LogP contribution in [0.5, 0.6) is 0 Å². The molecule has 2 aromatic heterocycles. The standard InChI is InChI=1S/C11H16N4OS/c1-4-12-7-9-8(2)14-15(3)10(9)17-11-13-5-6-16-11/h5-6,12H,4,7H2,1-3H3. The fourth-order valence-corrected chi connectivity index (χ4v) is 2.50. The minimum atomic E-state index is 0.644. The van der Waals surface area contributed by atoms with Crippen LogP contribution >= 0.6 is 11.8 Å². The van der Waals surface area contributed by atoms with Crippen molar-refractivity contribution in [1.82, 2.24) is 20.1 Å². The van der Waals surface area contributed by atoms with Gasteiger partial charge in [0.1, 0.15) is 11.3 Å². The maximum atomic E-state index is 5.25. The molecule has 0 aliphatic carbocycles. The fourth-order valence-electron chi connectivity index (χ4n) is 1.61. The van der Waals surface area contributed by atoms with Crippen LogP contribution in [-0.2, 0) is 13.6 Å². The first-order valence-corrected chi connectivity index (χ1v) is 6.34. The van der Waals surface area contributed by atoms with Gasteiger partial charge >= 0.3 is 0 Å². The summed E-state index contributed by atoms with van der Waals surface area (Å²) < 4.78 is 7.12. The van der Waals surface area contributed by atoms with E-state index in [4.69, 9.17) is 4.42 Å². The van der Waals surface area contributed by atoms with Crippen molar-refractivity contribution < 1.29 is 4.42 Å². The molecule has 0 saturated carbocycles.